The lowest BCUT2D eigenvalue weighted by Crippen LogP contribution is -1.87. The normalized spacial score (nSPS) is 9.45. The minimum absolute atomic E-state index is 0.969. The molecule has 0 bridgehead atoms. The van der Waals surface area contributed by atoms with Crippen LogP contribution in [0.25, 0.3) is 0 Å². The summed E-state index contributed by atoms with van der Waals surface area (Å²) in [6.07, 6.45) is 6.60. The number of aryl methyl sites for hydroxylation is 1. The molecule has 1 radical (unpaired) electrons. The van der Waals surface area contributed by atoms with E-state index in [1.165, 1.54) is 0 Å². The fourth-order valence-electron chi connectivity index (χ4n) is 0.947. The van der Waals surface area contributed by atoms with Crippen LogP contribution in [0.15, 0.2) is 30.5 Å². The van der Waals surface area contributed by atoms with Gasteiger partial charge in [-0.25, -0.2) is 0 Å². The Labute approximate surface area is 67.8 Å². The van der Waals surface area contributed by atoms with Crippen molar-refractivity contribution < 1.29 is 0 Å². The van der Waals surface area contributed by atoms with Crippen LogP contribution in [0.4, 0.5) is 0 Å². The predicted molar refractivity (Wildman–Crippen MR) is 46.0 cm³/mol. The van der Waals surface area contributed by atoms with E-state index in [0.29, 0.717) is 0 Å². The molecule has 1 nitrogen and oxygen atoms in total. The molecule has 1 heterocycles. The van der Waals surface area contributed by atoms with E-state index in [2.05, 4.69) is 4.98 Å². The van der Waals surface area contributed by atoms with Crippen LogP contribution in [0.2, 0.25) is 0 Å². The Morgan fingerprint density at radius 3 is 3.00 bits per heavy atom. The minimum Gasteiger partial charge on any atom is -0.261 e. The second-order valence-corrected chi connectivity index (χ2v) is 2.45. The first-order valence-electron chi connectivity index (χ1n) is 3.87. The summed E-state index contributed by atoms with van der Waals surface area (Å²) < 4.78 is 0. The van der Waals surface area contributed by atoms with E-state index in [-0.39, 0.29) is 0 Å². The third-order valence-corrected chi connectivity index (χ3v) is 1.53. The summed E-state index contributed by atoms with van der Waals surface area (Å²) in [6, 6.07) is 5.98. The van der Waals surface area contributed by atoms with E-state index < -0.39 is 0 Å². The molecule has 1 heteroatoms. The first-order valence-corrected chi connectivity index (χ1v) is 3.87. The Hall–Kier alpha value is -1.11. The maximum atomic E-state index is 5.25. The molecule has 0 aliphatic carbocycles. The molecule has 1 rings (SSSR count). The quantitative estimate of drug-likeness (QED) is 0.594. The summed E-state index contributed by atoms with van der Waals surface area (Å²) in [6.45, 7) is 5.25. The zero-order valence-corrected chi connectivity index (χ0v) is 6.53. The number of hydrogen-bond donors (Lipinski definition) is 0. The first kappa shape index (κ1) is 7.99. The van der Waals surface area contributed by atoms with E-state index >= 15 is 0 Å². The number of allylic oxidation sites excluding steroid dienone is 1. The van der Waals surface area contributed by atoms with Gasteiger partial charge < -0.3 is 0 Å². The van der Waals surface area contributed by atoms with Gasteiger partial charge >= 0.3 is 0 Å². The second kappa shape index (κ2) is 4.67. The van der Waals surface area contributed by atoms with Crippen molar-refractivity contribution in [1.82, 2.24) is 4.98 Å². The highest BCUT2D eigenvalue weighted by Gasteiger charge is 1.89. The van der Waals surface area contributed by atoms with E-state index in [4.69, 9.17) is 6.58 Å². The average Bonchev–Trinajstić information content (AvgIpc) is 2.07. The highest BCUT2D eigenvalue weighted by Crippen LogP contribution is 2.00. The molecule has 11 heavy (non-hydrogen) atoms. The Kier molecular flexibility index (Phi) is 3.39. The summed E-state index contributed by atoms with van der Waals surface area (Å²) in [7, 11) is 0. The van der Waals surface area contributed by atoms with Crippen molar-refractivity contribution in [1.29, 1.82) is 0 Å². The highest BCUT2D eigenvalue weighted by atomic mass is 14.7. The molecule has 0 atom stereocenters. The van der Waals surface area contributed by atoms with Crippen LogP contribution < -0.4 is 0 Å². The van der Waals surface area contributed by atoms with Crippen LogP contribution >= 0.6 is 0 Å². The molecule has 0 fully saturated rings. The predicted octanol–water partition coefficient (Wildman–Crippen LogP) is 2.39. The van der Waals surface area contributed by atoms with E-state index in [9.17, 15) is 0 Å². The lowest BCUT2D eigenvalue weighted by atomic mass is 10.2. The average molecular weight is 146 g/mol. The zero-order chi connectivity index (χ0) is 7.94. The van der Waals surface area contributed by atoms with Crippen molar-refractivity contribution in [3.63, 3.8) is 0 Å². The van der Waals surface area contributed by atoms with Gasteiger partial charge in [0.2, 0.25) is 0 Å². The van der Waals surface area contributed by atoms with Gasteiger partial charge in [-0.2, -0.15) is 0 Å². The molecule has 0 unspecified atom stereocenters. The van der Waals surface area contributed by atoms with Gasteiger partial charge in [0.1, 0.15) is 0 Å². The van der Waals surface area contributed by atoms with Crippen LogP contribution in [0.3, 0.4) is 0 Å². The molecule has 0 amide bonds. The third kappa shape index (κ3) is 2.99. The Morgan fingerprint density at radius 1 is 1.45 bits per heavy atom. The Bertz CT molecular complexity index is 203. The van der Waals surface area contributed by atoms with Crippen molar-refractivity contribution in [2.24, 2.45) is 0 Å². The highest BCUT2D eigenvalue weighted by molar-refractivity contribution is 5.03. The maximum absolute atomic E-state index is 5.25. The lowest BCUT2D eigenvalue weighted by molar-refractivity contribution is 0.818. The number of rotatable bonds is 4. The zero-order valence-electron chi connectivity index (χ0n) is 6.53. The topological polar surface area (TPSA) is 12.9 Å². The molecule has 0 saturated carbocycles. The Balaban J connectivity index is 2.33. The van der Waals surface area contributed by atoms with Gasteiger partial charge in [-0.05, 0) is 31.4 Å². The van der Waals surface area contributed by atoms with Gasteiger partial charge in [-0.15, -0.1) is 0 Å². The summed E-state index contributed by atoms with van der Waals surface area (Å²) in [5.74, 6) is 0. The molecular formula is C10H12N. The summed E-state index contributed by atoms with van der Waals surface area (Å²) in [4.78, 5) is 4.20. The van der Waals surface area contributed by atoms with Gasteiger partial charge in [-0.1, -0.05) is 18.7 Å². The number of hydrogen-bond acceptors (Lipinski definition) is 1. The first-order chi connectivity index (χ1) is 5.43. The largest absolute Gasteiger partial charge is 0.261 e. The number of unbranched alkanes of at least 4 members (excludes halogenated alkanes) is 1. The molecule has 1 aromatic heterocycles. The van der Waals surface area contributed by atoms with Crippen LogP contribution in [0, 0.1) is 6.58 Å². The fraction of sp³-hybridized carbons (Fsp3) is 0.300. The van der Waals surface area contributed by atoms with Gasteiger partial charge in [0.05, 0.1) is 0 Å². The van der Waals surface area contributed by atoms with Crippen LogP contribution in [0.5, 0.6) is 0 Å². The molecule has 0 N–H and O–H groups in total. The summed E-state index contributed by atoms with van der Waals surface area (Å²) in [5.41, 5.74) is 1.15. The van der Waals surface area contributed by atoms with E-state index in [1.807, 2.05) is 24.4 Å². The van der Waals surface area contributed by atoms with Gasteiger partial charge in [-0.3, -0.25) is 4.98 Å². The van der Waals surface area contributed by atoms with Crippen molar-refractivity contribution in [3.8, 4) is 0 Å². The smallest absolute Gasteiger partial charge is 0.0403 e. The molecule has 0 spiro atoms. The number of nitrogens with zero attached hydrogens (tertiary/aromatic N) is 1. The van der Waals surface area contributed by atoms with E-state index in [1.54, 1.807) is 6.08 Å². The van der Waals surface area contributed by atoms with E-state index in [0.717, 1.165) is 25.0 Å². The molecule has 0 aliphatic heterocycles. The Morgan fingerprint density at radius 2 is 2.36 bits per heavy atom. The van der Waals surface area contributed by atoms with Gasteiger partial charge in [0.15, 0.2) is 0 Å². The number of pyridine rings is 1. The molecular weight excluding hydrogens is 134 g/mol. The van der Waals surface area contributed by atoms with Gasteiger partial charge in [0.25, 0.3) is 0 Å². The fourth-order valence-corrected chi connectivity index (χ4v) is 0.947. The van der Waals surface area contributed by atoms with Crippen molar-refractivity contribution in [3.05, 3.63) is 42.7 Å². The standard InChI is InChI=1S/C10H12N/c1-2-3-4-7-10-8-5-6-9-11-10/h1-2,5-6,8-9H,3-4,7H2. The second-order valence-electron chi connectivity index (χ2n) is 2.45. The minimum atomic E-state index is 0.969. The SMILES string of the molecule is [CH]=CCCCc1ccccn1. The molecule has 0 saturated heterocycles. The summed E-state index contributed by atoms with van der Waals surface area (Å²) in [5, 5.41) is 0. The molecule has 57 valence electrons. The van der Waals surface area contributed by atoms with Crippen LogP contribution in [-0.4, -0.2) is 4.98 Å². The van der Waals surface area contributed by atoms with Crippen LogP contribution in [-0.2, 0) is 6.42 Å². The lowest BCUT2D eigenvalue weighted by Gasteiger charge is -1.95. The molecule has 0 aromatic carbocycles. The number of aromatic nitrogens is 1. The molecule has 0 aliphatic rings. The van der Waals surface area contributed by atoms with Crippen molar-refractivity contribution in [2.45, 2.75) is 19.3 Å². The summed E-state index contributed by atoms with van der Waals surface area (Å²) >= 11 is 0. The monoisotopic (exact) mass is 146 g/mol. The maximum Gasteiger partial charge on any atom is 0.0403 e. The van der Waals surface area contributed by atoms with Crippen LogP contribution in [0.1, 0.15) is 18.5 Å². The van der Waals surface area contributed by atoms with Crippen molar-refractivity contribution >= 4 is 0 Å². The molecule has 1 aromatic rings. The third-order valence-electron chi connectivity index (χ3n) is 1.53. The van der Waals surface area contributed by atoms with Gasteiger partial charge in [0, 0.05) is 11.9 Å². The van der Waals surface area contributed by atoms with Crippen molar-refractivity contribution in [2.75, 3.05) is 0 Å².